The van der Waals surface area contributed by atoms with Crippen LogP contribution in [0.25, 0.3) is 0 Å². The van der Waals surface area contributed by atoms with Gasteiger partial charge in [-0.2, -0.15) is 4.31 Å². The van der Waals surface area contributed by atoms with Gasteiger partial charge in [0.2, 0.25) is 10.0 Å². The van der Waals surface area contributed by atoms with Gasteiger partial charge in [-0.3, -0.25) is 0 Å². The molecule has 29 heavy (non-hydrogen) atoms. The molecule has 2 aromatic carbocycles. The van der Waals surface area contributed by atoms with Crippen molar-refractivity contribution >= 4 is 10.0 Å². The van der Waals surface area contributed by atoms with Crippen LogP contribution >= 0.6 is 0 Å². The minimum Gasteiger partial charge on any atom is -0.497 e. The summed E-state index contributed by atoms with van der Waals surface area (Å²) in [6.45, 7) is 3.70. The molecule has 1 aromatic heterocycles. The van der Waals surface area contributed by atoms with E-state index in [1.54, 1.807) is 28.6 Å². The average molecular weight is 412 g/mol. The van der Waals surface area contributed by atoms with Crippen molar-refractivity contribution in [2.24, 2.45) is 0 Å². The summed E-state index contributed by atoms with van der Waals surface area (Å²) in [5.41, 5.74) is 2.28. The van der Waals surface area contributed by atoms with Crippen LogP contribution < -0.4 is 4.74 Å². The lowest BCUT2D eigenvalue weighted by Gasteiger charge is -2.18. The number of nitrogens with zero attached hydrogens (tertiary/aromatic N) is 3. The minimum absolute atomic E-state index is 0.0767. The Bertz CT molecular complexity index is 1090. The summed E-state index contributed by atoms with van der Waals surface area (Å²) >= 11 is 0. The van der Waals surface area contributed by atoms with Gasteiger partial charge in [0.05, 0.1) is 12.0 Å². The summed E-state index contributed by atoms with van der Waals surface area (Å²) in [4.78, 5) is 4.90. The summed E-state index contributed by atoms with van der Waals surface area (Å²) in [6, 6.07) is 16.9. The SMILES string of the molecule is COc1cccc(S(=O)(=O)N2CCC(c3ncc(C)n3Cc3ccccc3)C2)c1. The molecule has 2 heterocycles. The summed E-state index contributed by atoms with van der Waals surface area (Å²) in [5.74, 6) is 1.57. The van der Waals surface area contributed by atoms with E-state index in [1.165, 1.54) is 12.7 Å². The highest BCUT2D eigenvalue weighted by Crippen LogP contribution is 2.32. The van der Waals surface area contributed by atoms with Crippen molar-refractivity contribution in [2.75, 3.05) is 20.2 Å². The van der Waals surface area contributed by atoms with Crippen LogP contribution in [0.15, 0.2) is 65.7 Å². The van der Waals surface area contributed by atoms with E-state index in [-0.39, 0.29) is 10.8 Å². The number of hydrogen-bond acceptors (Lipinski definition) is 4. The Balaban J connectivity index is 1.56. The second-order valence-corrected chi connectivity index (χ2v) is 9.30. The van der Waals surface area contributed by atoms with Crippen LogP contribution in [0.2, 0.25) is 0 Å². The molecule has 0 radical (unpaired) electrons. The molecular weight excluding hydrogens is 386 g/mol. The molecule has 1 fully saturated rings. The molecule has 1 aliphatic rings. The van der Waals surface area contributed by atoms with E-state index in [9.17, 15) is 8.42 Å². The van der Waals surface area contributed by atoms with Gasteiger partial charge in [-0.15, -0.1) is 0 Å². The Morgan fingerprint density at radius 1 is 1.14 bits per heavy atom. The third-order valence-electron chi connectivity index (χ3n) is 5.46. The van der Waals surface area contributed by atoms with Gasteiger partial charge < -0.3 is 9.30 Å². The normalized spacial score (nSPS) is 17.5. The Hall–Kier alpha value is -2.64. The number of sulfonamides is 1. The Morgan fingerprint density at radius 2 is 1.93 bits per heavy atom. The lowest BCUT2D eigenvalue weighted by molar-refractivity contribution is 0.412. The molecule has 0 aliphatic carbocycles. The van der Waals surface area contributed by atoms with Gasteiger partial charge in [0, 0.05) is 43.5 Å². The van der Waals surface area contributed by atoms with Crippen molar-refractivity contribution in [1.29, 1.82) is 0 Å². The third-order valence-corrected chi connectivity index (χ3v) is 7.33. The number of aryl methyl sites for hydroxylation is 1. The maximum absolute atomic E-state index is 13.1. The molecular formula is C22H25N3O3S. The highest BCUT2D eigenvalue weighted by atomic mass is 32.2. The van der Waals surface area contributed by atoms with Crippen LogP contribution in [0.3, 0.4) is 0 Å². The maximum Gasteiger partial charge on any atom is 0.243 e. The van der Waals surface area contributed by atoms with E-state index >= 15 is 0 Å². The lowest BCUT2D eigenvalue weighted by atomic mass is 10.1. The quantitative estimate of drug-likeness (QED) is 0.623. The summed E-state index contributed by atoms with van der Waals surface area (Å²) in [5, 5.41) is 0. The van der Waals surface area contributed by atoms with Crippen LogP contribution in [0.1, 0.15) is 29.4 Å². The number of hydrogen-bond donors (Lipinski definition) is 0. The van der Waals surface area contributed by atoms with Gasteiger partial charge in [-0.1, -0.05) is 36.4 Å². The van der Waals surface area contributed by atoms with Crippen molar-refractivity contribution in [3.05, 3.63) is 77.9 Å². The molecule has 1 saturated heterocycles. The second kappa shape index (κ2) is 8.00. The van der Waals surface area contributed by atoms with Crippen molar-refractivity contribution < 1.29 is 13.2 Å². The van der Waals surface area contributed by atoms with Crippen LogP contribution in [0, 0.1) is 6.92 Å². The zero-order valence-corrected chi connectivity index (χ0v) is 17.5. The predicted octanol–water partition coefficient (Wildman–Crippen LogP) is 3.43. The first kappa shape index (κ1) is 19.7. The topological polar surface area (TPSA) is 64.4 Å². The molecule has 0 amide bonds. The predicted molar refractivity (Wildman–Crippen MR) is 112 cm³/mol. The Morgan fingerprint density at radius 3 is 2.69 bits per heavy atom. The van der Waals surface area contributed by atoms with E-state index in [2.05, 4.69) is 21.7 Å². The zero-order chi connectivity index (χ0) is 20.4. The van der Waals surface area contributed by atoms with E-state index in [0.717, 1.165) is 24.5 Å². The summed E-state index contributed by atoms with van der Waals surface area (Å²) in [6.07, 6.45) is 2.63. The number of rotatable bonds is 6. The number of ether oxygens (including phenoxy) is 1. The third kappa shape index (κ3) is 3.93. The van der Waals surface area contributed by atoms with Crippen molar-refractivity contribution in [3.63, 3.8) is 0 Å². The number of benzene rings is 2. The number of aromatic nitrogens is 2. The first-order valence-corrected chi connectivity index (χ1v) is 11.1. The van der Waals surface area contributed by atoms with Crippen molar-refractivity contribution in [2.45, 2.75) is 30.7 Å². The molecule has 3 aromatic rings. The Labute approximate surface area is 171 Å². The van der Waals surface area contributed by atoms with Crippen LogP contribution in [0.5, 0.6) is 5.75 Å². The summed E-state index contributed by atoms with van der Waals surface area (Å²) in [7, 11) is -2.03. The van der Waals surface area contributed by atoms with Gasteiger partial charge in [0.25, 0.3) is 0 Å². The highest BCUT2D eigenvalue weighted by molar-refractivity contribution is 7.89. The van der Waals surface area contributed by atoms with Gasteiger partial charge in [-0.05, 0) is 31.0 Å². The first-order valence-electron chi connectivity index (χ1n) is 9.69. The van der Waals surface area contributed by atoms with Gasteiger partial charge in [0.15, 0.2) is 0 Å². The lowest BCUT2D eigenvalue weighted by Crippen LogP contribution is -2.29. The molecule has 1 unspecified atom stereocenters. The zero-order valence-electron chi connectivity index (χ0n) is 16.7. The van der Waals surface area contributed by atoms with E-state index in [0.29, 0.717) is 18.8 Å². The molecule has 6 nitrogen and oxygen atoms in total. The number of imidazole rings is 1. The van der Waals surface area contributed by atoms with E-state index in [1.807, 2.05) is 31.3 Å². The molecule has 1 atom stereocenters. The molecule has 0 bridgehead atoms. The van der Waals surface area contributed by atoms with Crippen molar-refractivity contribution in [1.82, 2.24) is 13.9 Å². The van der Waals surface area contributed by atoms with Gasteiger partial charge in [0.1, 0.15) is 11.6 Å². The summed E-state index contributed by atoms with van der Waals surface area (Å²) < 4.78 is 35.1. The maximum atomic E-state index is 13.1. The fraction of sp³-hybridized carbons (Fsp3) is 0.318. The molecule has 152 valence electrons. The second-order valence-electron chi connectivity index (χ2n) is 7.36. The van der Waals surface area contributed by atoms with Gasteiger partial charge in [-0.25, -0.2) is 13.4 Å². The monoisotopic (exact) mass is 411 g/mol. The first-order chi connectivity index (χ1) is 14.0. The van der Waals surface area contributed by atoms with E-state index in [4.69, 9.17) is 4.74 Å². The largest absolute Gasteiger partial charge is 0.497 e. The highest BCUT2D eigenvalue weighted by Gasteiger charge is 2.35. The molecule has 1 aliphatic heterocycles. The molecule has 4 rings (SSSR count). The van der Waals surface area contributed by atoms with Crippen LogP contribution in [-0.2, 0) is 16.6 Å². The minimum atomic E-state index is -3.56. The van der Waals surface area contributed by atoms with Crippen LogP contribution in [-0.4, -0.2) is 42.5 Å². The molecule has 7 heteroatoms. The molecule has 0 N–H and O–H groups in total. The standard InChI is InChI=1S/C22H25N3O3S/c1-17-14-23-22(25(17)15-18-7-4-3-5-8-18)19-11-12-24(16-19)29(26,27)21-10-6-9-20(13-21)28-2/h3-10,13-14,19H,11-12,15-16H2,1-2H3. The Kier molecular flexibility index (Phi) is 5.43. The fourth-order valence-electron chi connectivity index (χ4n) is 3.85. The van der Waals surface area contributed by atoms with E-state index < -0.39 is 10.0 Å². The molecule has 0 spiro atoms. The van der Waals surface area contributed by atoms with Crippen molar-refractivity contribution in [3.8, 4) is 5.75 Å². The number of methoxy groups -OCH3 is 1. The smallest absolute Gasteiger partial charge is 0.243 e. The van der Waals surface area contributed by atoms with Gasteiger partial charge >= 0.3 is 0 Å². The average Bonchev–Trinajstić information content (AvgIpc) is 3.37. The molecule has 0 saturated carbocycles. The van der Waals surface area contributed by atoms with Crippen LogP contribution in [0.4, 0.5) is 0 Å². The fourth-order valence-corrected chi connectivity index (χ4v) is 5.38.